The summed E-state index contributed by atoms with van der Waals surface area (Å²) in [6, 6.07) is 8.55. The molecule has 0 spiro atoms. The first-order valence-corrected chi connectivity index (χ1v) is 9.11. The van der Waals surface area contributed by atoms with E-state index in [9.17, 15) is 0 Å². The zero-order chi connectivity index (χ0) is 18.8. The van der Waals surface area contributed by atoms with Crippen LogP contribution in [0.4, 0.5) is 0 Å². The van der Waals surface area contributed by atoms with Gasteiger partial charge in [0.25, 0.3) is 0 Å². The van der Waals surface area contributed by atoms with E-state index in [0.717, 1.165) is 31.3 Å². The zero-order valence-electron chi connectivity index (χ0n) is 16.6. The van der Waals surface area contributed by atoms with E-state index >= 15 is 0 Å². The first kappa shape index (κ1) is 23.4. The quantitative estimate of drug-likeness (QED) is 0.247. The van der Waals surface area contributed by atoms with Crippen LogP contribution in [0.1, 0.15) is 36.8 Å². The molecule has 2 aromatic rings. The smallest absolute Gasteiger partial charge is 0.191 e. The molecule has 1 aromatic carbocycles. The number of aliphatic imine (C=N–C) groups is 1. The highest BCUT2D eigenvalue weighted by atomic mass is 127. The summed E-state index contributed by atoms with van der Waals surface area (Å²) in [4.78, 5) is 4.60. The number of nitrogens with one attached hydrogen (secondary N) is 2. The van der Waals surface area contributed by atoms with Gasteiger partial charge < -0.3 is 19.9 Å². The molecule has 150 valence electrons. The zero-order valence-corrected chi connectivity index (χ0v) is 18.9. The van der Waals surface area contributed by atoms with Crippen molar-refractivity contribution in [1.29, 1.82) is 0 Å². The van der Waals surface area contributed by atoms with Crippen molar-refractivity contribution in [2.45, 2.75) is 39.8 Å². The molecule has 8 heteroatoms. The molecule has 0 amide bonds. The average molecular weight is 486 g/mol. The van der Waals surface area contributed by atoms with E-state index < -0.39 is 0 Å². The Kier molecular flexibility index (Phi) is 11.0. The Labute approximate surface area is 179 Å². The molecule has 7 nitrogen and oxygen atoms in total. The van der Waals surface area contributed by atoms with Crippen LogP contribution in [-0.2, 0) is 17.7 Å². The third-order valence-electron chi connectivity index (χ3n) is 4.23. The van der Waals surface area contributed by atoms with Crippen molar-refractivity contribution in [1.82, 2.24) is 25.4 Å². The van der Waals surface area contributed by atoms with Crippen molar-refractivity contribution in [2.24, 2.45) is 4.99 Å². The average Bonchev–Trinajstić information content (AvgIpc) is 3.09. The van der Waals surface area contributed by atoms with Gasteiger partial charge in [-0.2, -0.15) is 0 Å². The standard InChI is InChI=1S/C19H30N6O.HI/c1-5-18-24-22-14-25(18)12-10-20-19(21-11-13-26-4)23-16(3)17-9-7-6-8-15(17)2;/h6-9,14,16H,5,10-13H2,1-4H3,(H2,20,21,23);1H. The molecular formula is C19H31IN6O. The number of methoxy groups -OCH3 is 1. The van der Waals surface area contributed by atoms with Crippen LogP contribution >= 0.6 is 24.0 Å². The van der Waals surface area contributed by atoms with E-state index in [-0.39, 0.29) is 30.0 Å². The molecule has 0 saturated carbocycles. The Balaban J connectivity index is 0.00000364. The summed E-state index contributed by atoms with van der Waals surface area (Å²) in [5.41, 5.74) is 2.53. The second-order valence-corrected chi connectivity index (χ2v) is 6.17. The molecule has 1 aromatic heterocycles. The molecule has 0 radical (unpaired) electrons. The summed E-state index contributed by atoms with van der Waals surface area (Å²) in [6.45, 7) is 9.09. The molecule has 2 N–H and O–H groups in total. The summed E-state index contributed by atoms with van der Waals surface area (Å²) < 4.78 is 7.17. The van der Waals surface area contributed by atoms with Gasteiger partial charge in [-0.3, -0.25) is 4.99 Å². The van der Waals surface area contributed by atoms with Gasteiger partial charge in [0.1, 0.15) is 12.2 Å². The fourth-order valence-electron chi connectivity index (χ4n) is 2.79. The summed E-state index contributed by atoms with van der Waals surface area (Å²) in [5, 5.41) is 15.0. The molecule has 0 aliphatic rings. The van der Waals surface area contributed by atoms with Crippen LogP contribution in [0.15, 0.2) is 35.6 Å². The van der Waals surface area contributed by atoms with E-state index in [0.29, 0.717) is 13.2 Å². The number of rotatable bonds is 9. The molecule has 27 heavy (non-hydrogen) atoms. The second-order valence-electron chi connectivity index (χ2n) is 6.17. The lowest BCUT2D eigenvalue weighted by atomic mass is 10.0. The number of benzene rings is 1. The van der Waals surface area contributed by atoms with E-state index in [4.69, 9.17) is 4.74 Å². The van der Waals surface area contributed by atoms with Crippen molar-refractivity contribution in [3.8, 4) is 0 Å². The normalized spacial score (nSPS) is 12.4. The summed E-state index contributed by atoms with van der Waals surface area (Å²) in [7, 11) is 1.68. The largest absolute Gasteiger partial charge is 0.383 e. The minimum absolute atomic E-state index is 0. The van der Waals surface area contributed by atoms with Gasteiger partial charge >= 0.3 is 0 Å². The first-order valence-electron chi connectivity index (χ1n) is 9.11. The maximum absolute atomic E-state index is 5.11. The fourth-order valence-corrected chi connectivity index (χ4v) is 2.79. The highest BCUT2D eigenvalue weighted by molar-refractivity contribution is 14.0. The Hall–Kier alpha value is -1.68. The molecule has 2 rings (SSSR count). The predicted octanol–water partition coefficient (Wildman–Crippen LogP) is 2.71. The van der Waals surface area contributed by atoms with Crippen molar-refractivity contribution in [2.75, 3.05) is 26.8 Å². The van der Waals surface area contributed by atoms with Gasteiger partial charge in [-0.15, -0.1) is 34.2 Å². The van der Waals surface area contributed by atoms with E-state index in [2.05, 4.69) is 75.4 Å². The molecule has 0 fully saturated rings. The van der Waals surface area contributed by atoms with E-state index in [1.165, 1.54) is 11.1 Å². The number of guanidine groups is 1. The third kappa shape index (κ3) is 7.45. The molecule has 0 aliphatic heterocycles. The minimum Gasteiger partial charge on any atom is -0.383 e. The van der Waals surface area contributed by atoms with Crippen LogP contribution in [0.3, 0.4) is 0 Å². The highest BCUT2D eigenvalue weighted by Crippen LogP contribution is 2.16. The van der Waals surface area contributed by atoms with Gasteiger partial charge in [0.2, 0.25) is 0 Å². The topological polar surface area (TPSA) is 76.4 Å². The monoisotopic (exact) mass is 486 g/mol. The molecule has 0 bridgehead atoms. The molecule has 1 heterocycles. The van der Waals surface area contributed by atoms with Crippen molar-refractivity contribution in [3.63, 3.8) is 0 Å². The Bertz CT molecular complexity index is 703. The maximum Gasteiger partial charge on any atom is 0.191 e. The lowest BCUT2D eigenvalue weighted by Gasteiger charge is -2.20. The van der Waals surface area contributed by atoms with E-state index in [1.807, 2.05) is 0 Å². The van der Waals surface area contributed by atoms with Crippen LogP contribution in [-0.4, -0.2) is 47.5 Å². The van der Waals surface area contributed by atoms with Crippen molar-refractivity contribution < 1.29 is 4.74 Å². The lowest BCUT2D eigenvalue weighted by molar-refractivity contribution is 0.208. The van der Waals surface area contributed by atoms with Crippen LogP contribution in [0.25, 0.3) is 0 Å². The molecule has 1 atom stereocenters. The Morgan fingerprint density at radius 2 is 2.11 bits per heavy atom. The number of halogens is 1. The molecular weight excluding hydrogens is 455 g/mol. The SMILES string of the molecule is CCc1nncn1CCNC(=NCCOC)NC(C)c1ccccc1C.I. The van der Waals surface area contributed by atoms with Crippen LogP contribution in [0, 0.1) is 6.92 Å². The number of aromatic nitrogens is 3. The number of hydrogen-bond acceptors (Lipinski definition) is 4. The molecule has 0 saturated heterocycles. The van der Waals surface area contributed by atoms with E-state index in [1.54, 1.807) is 13.4 Å². The highest BCUT2D eigenvalue weighted by Gasteiger charge is 2.10. The lowest BCUT2D eigenvalue weighted by Crippen LogP contribution is -2.40. The number of hydrogen-bond donors (Lipinski definition) is 2. The Morgan fingerprint density at radius 3 is 2.81 bits per heavy atom. The molecule has 0 aliphatic carbocycles. The van der Waals surface area contributed by atoms with Crippen LogP contribution in [0.5, 0.6) is 0 Å². The number of ether oxygens (including phenoxy) is 1. The van der Waals surface area contributed by atoms with Crippen molar-refractivity contribution >= 4 is 29.9 Å². The first-order chi connectivity index (χ1) is 12.7. The van der Waals surface area contributed by atoms with Gasteiger partial charge in [-0.05, 0) is 25.0 Å². The summed E-state index contributed by atoms with van der Waals surface area (Å²) >= 11 is 0. The van der Waals surface area contributed by atoms with Gasteiger partial charge in [-0.25, -0.2) is 0 Å². The predicted molar refractivity (Wildman–Crippen MR) is 120 cm³/mol. The van der Waals surface area contributed by atoms with Gasteiger partial charge in [0.15, 0.2) is 5.96 Å². The summed E-state index contributed by atoms with van der Waals surface area (Å²) in [6.07, 6.45) is 2.64. The van der Waals surface area contributed by atoms with Gasteiger partial charge in [0, 0.05) is 26.6 Å². The van der Waals surface area contributed by atoms with Gasteiger partial charge in [0.05, 0.1) is 19.2 Å². The number of aryl methyl sites for hydroxylation is 2. The molecule has 1 unspecified atom stereocenters. The van der Waals surface area contributed by atoms with Crippen molar-refractivity contribution in [3.05, 3.63) is 47.5 Å². The minimum atomic E-state index is 0. The maximum atomic E-state index is 5.11. The van der Waals surface area contributed by atoms with Crippen LogP contribution < -0.4 is 10.6 Å². The third-order valence-corrected chi connectivity index (χ3v) is 4.23. The van der Waals surface area contributed by atoms with Gasteiger partial charge in [-0.1, -0.05) is 31.2 Å². The Morgan fingerprint density at radius 1 is 1.33 bits per heavy atom. The van der Waals surface area contributed by atoms with Crippen LogP contribution in [0.2, 0.25) is 0 Å². The fraction of sp³-hybridized carbons (Fsp3) is 0.526. The second kappa shape index (κ2) is 12.7. The number of nitrogens with zero attached hydrogens (tertiary/aromatic N) is 4. The summed E-state index contributed by atoms with van der Waals surface area (Å²) in [5.74, 6) is 1.77.